The minimum atomic E-state index is -0.590. The fourth-order valence-electron chi connectivity index (χ4n) is 2.43. The molecule has 0 saturated heterocycles. The third-order valence-corrected chi connectivity index (χ3v) is 3.67. The molecule has 0 saturated carbocycles. The number of pyridine rings is 1. The summed E-state index contributed by atoms with van der Waals surface area (Å²) < 4.78 is 24.3. The van der Waals surface area contributed by atoms with E-state index in [1.54, 1.807) is 42.7 Å². The molecule has 3 aromatic heterocycles. The van der Waals surface area contributed by atoms with Crippen LogP contribution in [0.3, 0.4) is 0 Å². The van der Waals surface area contributed by atoms with E-state index >= 15 is 0 Å². The van der Waals surface area contributed by atoms with E-state index in [1.165, 1.54) is 18.5 Å². The monoisotopic (exact) mass is 408 g/mol. The largest absolute Gasteiger partial charge is 0.492 e. The Bertz CT molecular complexity index is 1070. The van der Waals surface area contributed by atoms with Gasteiger partial charge in [0.25, 0.3) is 0 Å². The molecular formula is C21H21FN6O2. The van der Waals surface area contributed by atoms with Gasteiger partial charge in [-0.3, -0.25) is 0 Å². The van der Waals surface area contributed by atoms with E-state index in [0.717, 1.165) is 0 Å². The van der Waals surface area contributed by atoms with Crippen molar-refractivity contribution in [2.45, 2.75) is 13.8 Å². The van der Waals surface area contributed by atoms with Gasteiger partial charge in [0, 0.05) is 18.5 Å². The van der Waals surface area contributed by atoms with Crippen molar-refractivity contribution in [3.8, 4) is 17.4 Å². The Kier molecular flexibility index (Phi) is 7.37. The Morgan fingerprint density at radius 3 is 2.47 bits per heavy atom. The van der Waals surface area contributed by atoms with Gasteiger partial charge in [0.1, 0.15) is 29.9 Å². The van der Waals surface area contributed by atoms with Crippen LogP contribution in [0.25, 0.3) is 11.2 Å². The highest BCUT2D eigenvalue weighted by Gasteiger charge is 2.05. The first kappa shape index (κ1) is 20.8. The first-order valence-corrected chi connectivity index (χ1v) is 9.47. The second-order valence-electron chi connectivity index (χ2n) is 5.60. The molecule has 4 aromatic rings. The zero-order chi connectivity index (χ0) is 21.2. The summed E-state index contributed by atoms with van der Waals surface area (Å²) in [4.78, 5) is 20.3. The number of anilines is 1. The number of halogens is 1. The summed E-state index contributed by atoms with van der Waals surface area (Å²) in [5.41, 5.74) is 1.14. The van der Waals surface area contributed by atoms with Crippen LogP contribution in [0.4, 0.5) is 10.2 Å². The highest BCUT2D eigenvalue weighted by Crippen LogP contribution is 2.22. The predicted octanol–water partition coefficient (Wildman–Crippen LogP) is 4.26. The van der Waals surface area contributed by atoms with Gasteiger partial charge in [-0.1, -0.05) is 19.9 Å². The smallest absolute Gasteiger partial charge is 0.221 e. The van der Waals surface area contributed by atoms with Crippen molar-refractivity contribution < 1.29 is 13.9 Å². The van der Waals surface area contributed by atoms with Gasteiger partial charge in [-0.25, -0.2) is 19.9 Å². The van der Waals surface area contributed by atoms with Crippen LogP contribution in [0.15, 0.2) is 61.2 Å². The van der Waals surface area contributed by atoms with Crippen LogP contribution in [0.1, 0.15) is 13.8 Å². The molecule has 9 heteroatoms. The molecule has 0 atom stereocenters. The molecule has 0 radical (unpaired) electrons. The number of rotatable bonds is 7. The molecule has 8 nitrogen and oxygen atoms in total. The Balaban J connectivity index is 0.00000124. The van der Waals surface area contributed by atoms with Gasteiger partial charge in [0.2, 0.25) is 11.8 Å². The lowest BCUT2D eigenvalue weighted by Gasteiger charge is -2.10. The predicted molar refractivity (Wildman–Crippen MR) is 111 cm³/mol. The standard InChI is InChI=1S/C19H15FN6O2.C2H6/c20-15-2-1-3-16(26-15)28-14-6-4-13(5-7-14)27-11-10-23-19-17-18(24-12-25-19)22-9-8-21-17;1-2/h1-9,12H,10-11H2,(H,22,23,24,25);1-2H3. The number of hydrogen-bond donors (Lipinski definition) is 1. The van der Waals surface area contributed by atoms with Gasteiger partial charge in [0.15, 0.2) is 11.5 Å². The fourth-order valence-corrected chi connectivity index (χ4v) is 2.43. The van der Waals surface area contributed by atoms with Crippen molar-refractivity contribution in [2.75, 3.05) is 18.5 Å². The fraction of sp³-hybridized carbons (Fsp3) is 0.190. The number of aromatic nitrogens is 5. The van der Waals surface area contributed by atoms with Crippen molar-refractivity contribution in [2.24, 2.45) is 0 Å². The molecule has 1 aromatic carbocycles. The molecule has 30 heavy (non-hydrogen) atoms. The summed E-state index contributed by atoms with van der Waals surface area (Å²) in [5, 5.41) is 3.16. The maximum absolute atomic E-state index is 13.1. The van der Waals surface area contributed by atoms with E-state index in [-0.39, 0.29) is 5.88 Å². The first-order chi connectivity index (χ1) is 14.8. The molecule has 4 rings (SSSR count). The maximum atomic E-state index is 13.1. The van der Waals surface area contributed by atoms with Crippen LogP contribution in [-0.2, 0) is 0 Å². The van der Waals surface area contributed by atoms with Gasteiger partial charge in [-0.15, -0.1) is 0 Å². The summed E-state index contributed by atoms with van der Waals surface area (Å²) in [6.45, 7) is 4.94. The van der Waals surface area contributed by atoms with Gasteiger partial charge in [0.05, 0.1) is 6.54 Å². The van der Waals surface area contributed by atoms with Crippen molar-refractivity contribution in [3.05, 3.63) is 67.1 Å². The molecule has 0 bridgehead atoms. The Hall–Kier alpha value is -3.88. The molecule has 0 fully saturated rings. The number of ether oxygens (including phenoxy) is 2. The minimum Gasteiger partial charge on any atom is -0.492 e. The second kappa shape index (κ2) is 10.6. The van der Waals surface area contributed by atoms with Crippen molar-refractivity contribution >= 4 is 17.0 Å². The third kappa shape index (κ3) is 5.57. The van der Waals surface area contributed by atoms with Crippen LogP contribution < -0.4 is 14.8 Å². The van der Waals surface area contributed by atoms with E-state index in [0.29, 0.717) is 41.6 Å². The second-order valence-corrected chi connectivity index (χ2v) is 5.60. The normalized spacial score (nSPS) is 10.1. The maximum Gasteiger partial charge on any atom is 0.221 e. The van der Waals surface area contributed by atoms with Gasteiger partial charge >= 0.3 is 0 Å². The number of nitrogens with one attached hydrogen (secondary N) is 1. The van der Waals surface area contributed by atoms with Crippen LogP contribution in [0.2, 0.25) is 0 Å². The van der Waals surface area contributed by atoms with Gasteiger partial charge < -0.3 is 14.8 Å². The molecule has 154 valence electrons. The lowest BCUT2D eigenvalue weighted by Crippen LogP contribution is -2.13. The highest BCUT2D eigenvalue weighted by molar-refractivity contribution is 5.81. The van der Waals surface area contributed by atoms with Crippen LogP contribution >= 0.6 is 0 Å². The van der Waals surface area contributed by atoms with Gasteiger partial charge in [-0.05, 0) is 30.3 Å². The molecule has 0 aliphatic heterocycles. The first-order valence-electron chi connectivity index (χ1n) is 9.47. The number of fused-ring (bicyclic) bond motifs is 1. The highest BCUT2D eigenvalue weighted by atomic mass is 19.1. The Labute approximate surface area is 173 Å². The summed E-state index contributed by atoms with van der Waals surface area (Å²) in [6.07, 6.45) is 4.61. The third-order valence-electron chi connectivity index (χ3n) is 3.67. The van der Waals surface area contributed by atoms with E-state index in [9.17, 15) is 4.39 Å². The van der Waals surface area contributed by atoms with Crippen molar-refractivity contribution in [1.29, 1.82) is 0 Å². The lowest BCUT2D eigenvalue weighted by molar-refractivity contribution is 0.332. The summed E-state index contributed by atoms with van der Waals surface area (Å²) >= 11 is 0. The van der Waals surface area contributed by atoms with E-state index in [1.807, 2.05) is 13.8 Å². The molecule has 0 aliphatic carbocycles. The molecule has 0 unspecified atom stereocenters. The SMILES string of the molecule is CC.Fc1cccc(Oc2ccc(OCCNc3ncnc4nccnc34)cc2)n1. The Morgan fingerprint density at radius 1 is 0.900 bits per heavy atom. The summed E-state index contributed by atoms with van der Waals surface area (Å²) in [7, 11) is 0. The van der Waals surface area contributed by atoms with Crippen LogP contribution in [0.5, 0.6) is 17.4 Å². The average Bonchev–Trinajstić information content (AvgIpc) is 2.79. The summed E-state index contributed by atoms with van der Waals surface area (Å²) in [6, 6.07) is 11.4. The van der Waals surface area contributed by atoms with Crippen molar-refractivity contribution in [3.63, 3.8) is 0 Å². The Morgan fingerprint density at radius 2 is 1.67 bits per heavy atom. The topological polar surface area (TPSA) is 94.9 Å². The zero-order valence-corrected chi connectivity index (χ0v) is 16.6. The van der Waals surface area contributed by atoms with Crippen LogP contribution in [0, 0.1) is 5.95 Å². The molecule has 1 N–H and O–H groups in total. The molecule has 0 spiro atoms. The minimum absolute atomic E-state index is 0.193. The van der Waals surface area contributed by atoms with Crippen LogP contribution in [-0.4, -0.2) is 38.1 Å². The molecule has 3 heterocycles. The summed E-state index contributed by atoms with van der Waals surface area (Å²) in [5.74, 6) is 1.42. The number of hydrogen-bond acceptors (Lipinski definition) is 8. The lowest BCUT2D eigenvalue weighted by atomic mass is 10.3. The van der Waals surface area contributed by atoms with E-state index in [2.05, 4.69) is 30.2 Å². The molecular weight excluding hydrogens is 387 g/mol. The molecule has 0 aliphatic rings. The quantitative estimate of drug-likeness (QED) is 0.358. The van der Waals surface area contributed by atoms with Gasteiger partial charge in [-0.2, -0.15) is 9.37 Å². The number of benzene rings is 1. The van der Waals surface area contributed by atoms with Crippen molar-refractivity contribution in [1.82, 2.24) is 24.9 Å². The molecule has 0 amide bonds. The van der Waals surface area contributed by atoms with E-state index in [4.69, 9.17) is 9.47 Å². The zero-order valence-electron chi connectivity index (χ0n) is 16.6. The van der Waals surface area contributed by atoms with E-state index < -0.39 is 5.95 Å². The number of nitrogens with zero attached hydrogens (tertiary/aromatic N) is 5. The average molecular weight is 408 g/mol.